The molecular formula is C26H31N3O5. The Morgan fingerprint density at radius 2 is 1.76 bits per heavy atom. The van der Waals surface area contributed by atoms with Crippen LogP contribution in [0.4, 0.5) is 0 Å². The van der Waals surface area contributed by atoms with Crippen LogP contribution in [-0.4, -0.2) is 59.2 Å². The smallest absolute Gasteiger partial charge is 0.248 e. The highest BCUT2D eigenvalue weighted by Crippen LogP contribution is 2.16. The number of ketones is 1. The molecule has 1 aliphatic heterocycles. The summed E-state index contributed by atoms with van der Waals surface area (Å²) in [6.45, 7) is 5.82. The number of Topliss-reactive ketones (excluding diaryl/α,β-unsaturated/α-hetero) is 1. The second kappa shape index (κ2) is 12.4. The first-order chi connectivity index (χ1) is 16.4. The van der Waals surface area contributed by atoms with Gasteiger partial charge in [0.25, 0.3) is 0 Å². The van der Waals surface area contributed by atoms with Gasteiger partial charge in [-0.25, -0.2) is 5.48 Å². The lowest BCUT2D eigenvalue weighted by atomic mass is 9.92. The molecule has 8 heteroatoms. The second-order valence-electron chi connectivity index (χ2n) is 8.45. The molecule has 1 amide bonds. The molecule has 5 N–H and O–H groups in total. The minimum atomic E-state index is -0.928. The van der Waals surface area contributed by atoms with Crippen molar-refractivity contribution in [2.24, 2.45) is 11.7 Å². The number of hydrogen-bond acceptors (Lipinski definition) is 7. The Labute approximate surface area is 199 Å². The highest BCUT2D eigenvalue weighted by atomic mass is 16.5. The maximum absolute atomic E-state index is 12.5. The first-order valence-electron chi connectivity index (χ1n) is 11.3. The van der Waals surface area contributed by atoms with Gasteiger partial charge in [0.15, 0.2) is 5.78 Å². The Morgan fingerprint density at radius 3 is 2.35 bits per heavy atom. The molecule has 2 aromatic rings. The molecule has 0 aromatic heterocycles. The molecule has 0 saturated carbocycles. The number of aliphatic hydroxyl groups excluding tert-OH is 1. The lowest BCUT2D eigenvalue weighted by Crippen LogP contribution is -2.40. The molecule has 1 heterocycles. The molecule has 0 bridgehead atoms. The Hall–Kier alpha value is -3.06. The monoisotopic (exact) mass is 465 g/mol. The largest absolute Gasteiger partial charge is 0.379 e. The summed E-state index contributed by atoms with van der Waals surface area (Å²) in [5.41, 5.74) is 10.3. The highest BCUT2D eigenvalue weighted by molar-refractivity contribution is 5.98. The maximum Gasteiger partial charge on any atom is 0.248 e. The van der Waals surface area contributed by atoms with Crippen LogP contribution in [0.2, 0.25) is 0 Å². The SMILES string of the molecule is C[C@@H](N)[C@H](CC(=O)c1ccc(C#CC(O)c2ccc(CN3CCOCC3)cc2)cc1)C(=O)NO. The first kappa shape index (κ1) is 25.6. The lowest BCUT2D eigenvalue weighted by molar-refractivity contribution is -0.133. The number of carbonyl (C=O) groups excluding carboxylic acids is 2. The molecule has 180 valence electrons. The van der Waals surface area contributed by atoms with Gasteiger partial charge in [0.05, 0.1) is 19.1 Å². The van der Waals surface area contributed by atoms with Gasteiger partial charge in [-0.1, -0.05) is 48.2 Å². The van der Waals surface area contributed by atoms with E-state index in [9.17, 15) is 14.7 Å². The van der Waals surface area contributed by atoms with E-state index >= 15 is 0 Å². The van der Waals surface area contributed by atoms with Crippen molar-refractivity contribution in [1.82, 2.24) is 10.4 Å². The molecule has 1 unspecified atom stereocenters. The van der Waals surface area contributed by atoms with Crippen molar-refractivity contribution in [2.75, 3.05) is 26.3 Å². The van der Waals surface area contributed by atoms with Gasteiger partial charge in [-0.3, -0.25) is 19.7 Å². The molecule has 3 rings (SSSR count). The van der Waals surface area contributed by atoms with Crippen molar-refractivity contribution in [3.8, 4) is 11.8 Å². The highest BCUT2D eigenvalue weighted by Gasteiger charge is 2.25. The van der Waals surface area contributed by atoms with Gasteiger partial charge in [0, 0.05) is 43.2 Å². The van der Waals surface area contributed by atoms with E-state index < -0.39 is 24.0 Å². The number of nitrogens with zero attached hydrogens (tertiary/aromatic N) is 1. The first-order valence-corrected chi connectivity index (χ1v) is 11.3. The van der Waals surface area contributed by atoms with Crippen molar-refractivity contribution in [3.05, 3.63) is 70.8 Å². The van der Waals surface area contributed by atoms with Crippen LogP contribution < -0.4 is 11.2 Å². The maximum atomic E-state index is 12.5. The minimum absolute atomic E-state index is 0.116. The van der Waals surface area contributed by atoms with Gasteiger partial charge < -0.3 is 15.6 Å². The number of nitrogens with one attached hydrogen (secondary N) is 1. The van der Waals surface area contributed by atoms with E-state index in [1.54, 1.807) is 36.7 Å². The average Bonchev–Trinajstić information content (AvgIpc) is 2.86. The number of aliphatic hydroxyl groups is 1. The van der Waals surface area contributed by atoms with Gasteiger partial charge in [0.2, 0.25) is 5.91 Å². The Morgan fingerprint density at radius 1 is 1.12 bits per heavy atom. The second-order valence-corrected chi connectivity index (χ2v) is 8.45. The molecule has 8 nitrogen and oxygen atoms in total. The molecule has 0 aliphatic carbocycles. The zero-order chi connectivity index (χ0) is 24.5. The number of hydroxylamine groups is 1. The van der Waals surface area contributed by atoms with Crippen molar-refractivity contribution in [1.29, 1.82) is 0 Å². The number of ether oxygens (including phenoxy) is 1. The molecule has 0 radical (unpaired) electrons. The third-order valence-electron chi connectivity index (χ3n) is 5.85. The number of nitrogens with two attached hydrogens (primary N) is 1. The van der Waals surface area contributed by atoms with E-state index in [1.165, 1.54) is 5.56 Å². The van der Waals surface area contributed by atoms with Crippen LogP contribution in [0.3, 0.4) is 0 Å². The number of amides is 1. The molecule has 1 saturated heterocycles. The van der Waals surface area contributed by atoms with Crippen molar-refractivity contribution >= 4 is 11.7 Å². The standard InChI is InChI=1S/C26H31N3O5/c1-18(27)23(26(32)28-33)16-25(31)22-7-2-19(3-8-22)6-11-24(30)21-9-4-20(5-10-21)17-29-12-14-34-15-13-29/h2-5,7-10,18,23-24,30,33H,12-17,27H2,1H3,(H,28,32)/t18-,23+,24?/m1/s1. The normalized spacial score (nSPS) is 16.6. The predicted octanol–water partition coefficient (Wildman–Crippen LogP) is 1.65. The summed E-state index contributed by atoms with van der Waals surface area (Å²) in [7, 11) is 0. The van der Waals surface area contributed by atoms with Crippen molar-refractivity contribution in [2.45, 2.75) is 32.0 Å². The van der Waals surface area contributed by atoms with Gasteiger partial charge in [-0.05, 0) is 30.2 Å². The van der Waals surface area contributed by atoms with Crippen LogP contribution in [0.15, 0.2) is 48.5 Å². The number of hydrogen-bond donors (Lipinski definition) is 4. The van der Waals surface area contributed by atoms with Crippen molar-refractivity contribution < 1.29 is 24.6 Å². The van der Waals surface area contributed by atoms with Gasteiger partial charge in [0.1, 0.15) is 6.10 Å². The third-order valence-corrected chi connectivity index (χ3v) is 5.85. The molecular weight excluding hydrogens is 434 g/mol. The third kappa shape index (κ3) is 7.22. The van der Waals surface area contributed by atoms with Crippen LogP contribution in [0.5, 0.6) is 0 Å². The fourth-order valence-corrected chi connectivity index (χ4v) is 3.72. The van der Waals surface area contributed by atoms with Crippen LogP contribution >= 0.6 is 0 Å². The van der Waals surface area contributed by atoms with E-state index in [-0.39, 0.29) is 12.2 Å². The molecule has 3 atom stereocenters. The summed E-state index contributed by atoms with van der Waals surface area (Å²) in [4.78, 5) is 26.5. The fourth-order valence-electron chi connectivity index (χ4n) is 3.72. The quantitative estimate of drug-likeness (QED) is 0.202. The summed E-state index contributed by atoms with van der Waals surface area (Å²) < 4.78 is 5.37. The summed E-state index contributed by atoms with van der Waals surface area (Å²) in [6, 6.07) is 13.8. The van der Waals surface area contributed by atoms with Crippen LogP contribution in [0.1, 0.15) is 46.5 Å². The topological polar surface area (TPSA) is 125 Å². The van der Waals surface area contributed by atoms with E-state index in [2.05, 4.69) is 16.7 Å². The molecule has 34 heavy (non-hydrogen) atoms. The van der Waals surface area contributed by atoms with E-state index in [1.807, 2.05) is 24.3 Å². The number of carbonyl (C=O) groups is 2. The number of rotatable bonds is 8. The summed E-state index contributed by atoms with van der Waals surface area (Å²) in [6.07, 6.45) is -1.04. The zero-order valence-corrected chi connectivity index (χ0v) is 19.2. The van der Waals surface area contributed by atoms with E-state index in [0.717, 1.165) is 32.8 Å². The van der Waals surface area contributed by atoms with E-state index in [4.69, 9.17) is 15.7 Å². The Bertz CT molecular complexity index is 1020. The summed E-state index contributed by atoms with van der Waals surface area (Å²) in [5.74, 6) is 3.98. The molecule has 0 spiro atoms. The number of morpholine rings is 1. The van der Waals surface area contributed by atoms with Crippen LogP contribution in [-0.2, 0) is 16.1 Å². The van der Waals surface area contributed by atoms with Gasteiger partial charge in [-0.15, -0.1) is 0 Å². The van der Waals surface area contributed by atoms with E-state index in [0.29, 0.717) is 16.7 Å². The minimum Gasteiger partial charge on any atom is -0.379 e. The van der Waals surface area contributed by atoms with Crippen molar-refractivity contribution in [3.63, 3.8) is 0 Å². The van der Waals surface area contributed by atoms with Gasteiger partial charge >= 0.3 is 0 Å². The average molecular weight is 466 g/mol. The Kier molecular flexibility index (Phi) is 9.33. The molecule has 1 fully saturated rings. The van der Waals surface area contributed by atoms with Gasteiger partial charge in [-0.2, -0.15) is 0 Å². The summed E-state index contributed by atoms with van der Waals surface area (Å²) >= 11 is 0. The van der Waals surface area contributed by atoms with Crippen LogP contribution in [0.25, 0.3) is 0 Å². The predicted molar refractivity (Wildman–Crippen MR) is 127 cm³/mol. The fraction of sp³-hybridized carbons (Fsp3) is 0.385. The van der Waals surface area contributed by atoms with Crippen LogP contribution in [0, 0.1) is 17.8 Å². The lowest BCUT2D eigenvalue weighted by Gasteiger charge is -2.26. The zero-order valence-electron chi connectivity index (χ0n) is 19.2. The number of benzene rings is 2. The molecule has 2 aromatic carbocycles. The molecule has 1 aliphatic rings. The Balaban J connectivity index is 1.58. The summed E-state index contributed by atoms with van der Waals surface area (Å²) in [5, 5.41) is 19.3.